The van der Waals surface area contributed by atoms with Crippen molar-refractivity contribution in [1.82, 2.24) is 0 Å². The molecule has 0 aliphatic carbocycles. The average Bonchev–Trinajstić information content (AvgIpc) is 2.63. The molecule has 0 amide bonds. The number of ether oxygens (including phenoxy) is 1. The smallest absolute Gasteiger partial charge is 0.134 e. The lowest BCUT2D eigenvalue weighted by Crippen LogP contribution is -2.06. The summed E-state index contributed by atoms with van der Waals surface area (Å²) < 4.78 is 6.73. The van der Waals surface area contributed by atoms with E-state index in [4.69, 9.17) is 15.7 Å². The minimum atomic E-state index is 0.615. The topological polar surface area (TPSA) is 59.0 Å². The molecule has 0 aromatic heterocycles. The summed E-state index contributed by atoms with van der Waals surface area (Å²) in [7, 11) is 0. The van der Waals surface area contributed by atoms with Crippen LogP contribution in [0.5, 0.6) is 5.75 Å². The summed E-state index contributed by atoms with van der Waals surface area (Å²) in [5.74, 6) is 0.835. The zero-order valence-electron chi connectivity index (χ0n) is 13.1. The maximum atomic E-state index is 8.90. The van der Waals surface area contributed by atoms with Crippen LogP contribution in [0.1, 0.15) is 12.0 Å². The van der Waals surface area contributed by atoms with Crippen molar-refractivity contribution in [3.63, 3.8) is 0 Å². The van der Waals surface area contributed by atoms with Crippen LogP contribution in [0.4, 0.5) is 0 Å². The van der Waals surface area contributed by atoms with Gasteiger partial charge >= 0.3 is 0 Å². The Morgan fingerprint density at radius 2 is 1.75 bits per heavy atom. The van der Waals surface area contributed by atoms with E-state index in [9.17, 15) is 0 Å². The molecule has 0 saturated heterocycles. The molecule has 3 nitrogen and oxygen atoms in total. The highest BCUT2D eigenvalue weighted by Gasteiger charge is 2.08. The van der Waals surface area contributed by atoms with E-state index < -0.39 is 0 Å². The minimum absolute atomic E-state index is 0.615. The number of halogens is 1. The minimum Gasteiger partial charge on any atom is -0.492 e. The summed E-state index contributed by atoms with van der Waals surface area (Å²) in [6, 6.07) is 20.1. The molecule has 120 valence electrons. The van der Waals surface area contributed by atoms with Crippen molar-refractivity contribution in [2.75, 3.05) is 13.2 Å². The van der Waals surface area contributed by atoms with Crippen molar-refractivity contribution in [2.45, 2.75) is 6.42 Å². The number of nitrogens with zero attached hydrogens (tertiary/aromatic N) is 1. The molecule has 0 atom stereocenters. The number of hydrogen-bond donors (Lipinski definition) is 1. The highest BCUT2D eigenvalue weighted by Crippen LogP contribution is 2.35. The van der Waals surface area contributed by atoms with Gasteiger partial charge in [0.2, 0.25) is 0 Å². The van der Waals surface area contributed by atoms with E-state index in [1.165, 1.54) is 0 Å². The SMILES string of the molecule is N#Cc1ccc(-c2ccc3c(Br)c(OCCCN)ccc3c2)cc1. The number of fused-ring (bicyclic) bond motifs is 1. The Kier molecular flexibility index (Phi) is 5.14. The molecule has 3 rings (SSSR count). The van der Waals surface area contributed by atoms with Crippen LogP contribution >= 0.6 is 15.9 Å². The highest BCUT2D eigenvalue weighted by molar-refractivity contribution is 9.10. The van der Waals surface area contributed by atoms with Gasteiger partial charge in [-0.3, -0.25) is 0 Å². The lowest BCUT2D eigenvalue weighted by molar-refractivity contribution is 0.312. The first-order chi connectivity index (χ1) is 11.7. The molecule has 0 spiro atoms. The van der Waals surface area contributed by atoms with Crippen LogP contribution in [-0.4, -0.2) is 13.2 Å². The van der Waals surface area contributed by atoms with Gasteiger partial charge in [0.15, 0.2) is 0 Å². The van der Waals surface area contributed by atoms with Crippen LogP contribution in [0.3, 0.4) is 0 Å². The molecule has 24 heavy (non-hydrogen) atoms. The zero-order chi connectivity index (χ0) is 16.9. The van der Waals surface area contributed by atoms with E-state index in [0.717, 1.165) is 38.5 Å². The maximum absolute atomic E-state index is 8.90. The predicted molar refractivity (Wildman–Crippen MR) is 101 cm³/mol. The van der Waals surface area contributed by atoms with E-state index in [1.807, 2.05) is 30.3 Å². The van der Waals surface area contributed by atoms with Crippen LogP contribution < -0.4 is 10.5 Å². The molecule has 0 bridgehead atoms. The number of nitrogens with two attached hydrogens (primary N) is 1. The second-order valence-corrected chi connectivity index (χ2v) is 6.29. The van der Waals surface area contributed by atoms with E-state index in [-0.39, 0.29) is 0 Å². The molecule has 0 aliphatic heterocycles. The number of hydrogen-bond acceptors (Lipinski definition) is 3. The van der Waals surface area contributed by atoms with Crippen LogP contribution in [-0.2, 0) is 0 Å². The fourth-order valence-corrected chi connectivity index (χ4v) is 3.17. The van der Waals surface area contributed by atoms with Gasteiger partial charge in [0.05, 0.1) is 22.7 Å². The molecule has 0 saturated carbocycles. The molecule has 0 radical (unpaired) electrons. The van der Waals surface area contributed by atoms with Crippen molar-refractivity contribution in [3.8, 4) is 22.9 Å². The largest absolute Gasteiger partial charge is 0.492 e. The van der Waals surface area contributed by atoms with Crippen LogP contribution in [0.2, 0.25) is 0 Å². The van der Waals surface area contributed by atoms with Gasteiger partial charge in [-0.2, -0.15) is 5.26 Å². The van der Waals surface area contributed by atoms with Crippen molar-refractivity contribution < 1.29 is 4.74 Å². The molecule has 0 unspecified atom stereocenters. The van der Waals surface area contributed by atoms with Crippen molar-refractivity contribution in [1.29, 1.82) is 5.26 Å². The van der Waals surface area contributed by atoms with E-state index in [0.29, 0.717) is 18.7 Å². The first-order valence-corrected chi connectivity index (χ1v) is 8.58. The molecule has 2 N–H and O–H groups in total. The third kappa shape index (κ3) is 3.43. The zero-order valence-corrected chi connectivity index (χ0v) is 14.7. The Morgan fingerprint density at radius 3 is 2.46 bits per heavy atom. The van der Waals surface area contributed by atoms with Gasteiger partial charge in [0.25, 0.3) is 0 Å². The second-order valence-electron chi connectivity index (χ2n) is 5.49. The van der Waals surface area contributed by atoms with Crippen molar-refractivity contribution >= 4 is 26.7 Å². The second kappa shape index (κ2) is 7.48. The van der Waals surface area contributed by atoms with Gasteiger partial charge in [-0.25, -0.2) is 0 Å². The van der Waals surface area contributed by atoms with E-state index >= 15 is 0 Å². The Bertz CT molecular complexity index is 898. The molecule has 3 aromatic rings. The standard InChI is InChI=1S/C20H17BrN2O/c21-20-18-8-6-16(15-4-2-14(13-23)3-5-15)12-17(18)7-9-19(20)24-11-1-10-22/h2-9,12H,1,10-11,22H2. The maximum Gasteiger partial charge on any atom is 0.134 e. The molecular weight excluding hydrogens is 364 g/mol. The summed E-state index contributed by atoms with van der Waals surface area (Å²) in [6.07, 6.45) is 0.835. The number of nitriles is 1. The van der Waals surface area contributed by atoms with Gasteiger partial charge in [0, 0.05) is 0 Å². The molecule has 0 heterocycles. The van der Waals surface area contributed by atoms with Gasteiger partial charge < -0.3 is 10.5 Å². The number of rotatable bonds is 5. The van der Waals surface area contributed by atoms with Crippen LogP contribution in [0, 0.1) is 11.3 Å². The van der Waals surface area contributed by atoms with E-state index in [2.05, 4.69) is 46.3 Å². The lowest BCUT2D eigenvalue weighted by atomic mass is 10.0. The molecule has 0 aliphatic rings. The van der Waals surface area contributed by atoms with Crippen LogP contribution in [0.25, 0.3) is 21.9 Å². The van der Waals surface area contributed by atoms with Crippen LogP contribution in [0.15, 0.2) is 59.1 Å². The fraction of sp³-hybridized carbons (Fsp3) is 0.150. The average molecular weight is 381 g/mol. The van der Waals surface area contributed by atoms with Crippen molar-refractivity contribution in [2.24, 2.45) is 5.73 Å². The summed E-state index contributed by atoms with van der Waals surface area (Å²) in [5, 5.41) is 11.1. The monoisotopic (exact) mass is 380 g/mol. The quantitative estimate of drug-likeness (QED) is 0.642. The first kappa shape index (κ1) is 16.5. The number of benzene rings is 3. The summed E-state index contributed by atoms with van der Waals surface area (Å²) in [5.41, 5.74) is 8.38. The van der Waals surface area contributed by atoms with Crippen molar-refractivity contribution in [3.05, 3.63) is 64.6 Å². The Balaban J connectivity index is 1.94. The summed E-state index contributed by atoms with van der Waals surface area (Å²) in [4.78, 5) is 0. The van der Waals surface area contributed by atoms with E-state index in [1.54, 1.807) is 0 Å². The molecule has 0 fully saturated rings. The normalized spacial score (nSPS) is 10.5. The fourth-order valence-electron chi connectivity index (χ4n) is 2.57. The first-order valence-electron chi connectivity index (χ1n) is 7.78. The lowest BCUT2D eigenvalue weighted by Gasteiger charge is -2.11. The summed E-state index contributed by atoms with van der Waals surface area (Å²) >= 11 is 3.64. The Morgan fingerprint density at radius 1 is 1.00 bits per heavy atom. The third-order valence-corrected chi connectivity index (χ3v) is 4.69. The Labute approximate surface area is 149 Å². The molecular formula is C20H17BrN2O. The van der Waals surface area contributed by atoms with Gasteiger partial charge in [-0.05, 0) is 75.1 Å². The van der Waals surface area contributed by atoms with Gasteiger partial charge in [-0.15, -0.1) is 0 Å². The predicted octanol–water partition coefficient (Wildman–Crippen LogP) is 4.87. The van der Waals surface area contributed by atoms with Gasteiger partial charge in [-0.1, -0.05) is 30.3 Å². The highest BCUT2D eigenvalue weighted by atomic mass is 79.9. The molecule has 4 heteroatoms. The molecule has 3 aromatic carbocycles. The third-order valence-electron chi connectivity index (χ3n) is 3.87. The summed E-state index contributed by atoms with van der Waals surface area (Å²) in [6.45, 7) is 1.24. The Hall–Kier alpha value is -2.35. The van der Waals surface area contributed by atoms with Gasteiger partial charge in [0.1, 0.15) is 5.75 Å².